The van der Waals surface area contributed by atoms with Crippen LogP contribution in [0.5, 0.6) is 11.5 Å². The van der Waals surface area contributed by atoms with Gasteiger partial charge in [0.05, 0.1) is 18.7 Å². The summed E-state index contributed by atoms with van der Waals surface area (Å²) >= 11 is 0. The van der Waals surface area contributed by atoms with E-state index in [4.69, 9.17) is 9.47 Å². The van der Waals surface area contributed by atoms with Crippen molar-refractivity contribution >= 4 is 12.2 Å². The zero-order valence-electron chi connectivity index (χ0n) is 14.2. The molecule has 0 saturated carbocycles. The monoisotopic (exact) mass is 339 g/mol. The molecule has 3 rings (SSSR count). The molecule has 5 heteroatoms. The van der Waals surface area contributed by atoms with E-state index in [0.717, 1.165) is 30.4 Å². The summed E-state index contributed by atoms with van der Waals surface area (Å²) in [6.07, 6.45) is 2.63. The molecule has 2 aromatic rings. The molecule has 0 radical (unpaired) electrons. The molecule has 1 atom stereocenters. The number of nitrogens with zero attached hydrogens (tertiary/aromatic N) is 1. The van der Waals surface area contributed by atoms with E-state index in [2.05, 4.69) is 0 Å². The summed E-state index contributed by atoms with van der Waals surface area (Å²) in [5.74, 6) is 1.17. The van der Waals surface area contributed by atoms with E-state index >= 15 is 0 Å². The van der Waals surface area contributed by atoms with Crippen LogP contribution in [-0.2, 0) is 4.79 Å². The fourth-order valence-corrected chi connectivity index (χ4v) is 3.17. The quantitative estimate of drug-likeness (QED) is 0.758. The Morgan fingerprint density at radius 1 is 1.20 bits per heavy atom. The number of likely N-dealkylation sites (tertiary alicyclic amines) is 1. The molecule has 0 aliphatic carbocycles. The lowest BCUT2D eigenvalue weighted by Gasteiger charge is -2.25. The lowest BCUT2D eigenvalue weighted by Crippen LogP contribution is -2.34. The molecule has 0 N–H and O–H groups in total. The Balaban J connectivity index is 1.67. The third-order valence-corrected chi connectivity index (χ3v) is 4.47. The van der Waals surface area contributed by atoms with E-state index in [-0.39, 0.29) is 18.6 Å². The van der Waals surface area contributed by atoms with Gasteiger partial charge >= 0.3 is 0 Å². The molecule has 1 aliphatic rings. The van der Waals surface area contributed by atoms with Crippen LogP contribution < -0.4 is 9.47 Å². The van der Waals surface area contributed by atoms with Crippen LogP contribution in [0.4, 0.5) is 0 Å². The van der Waals surface area contributed by atoms with E-state index < -0.39 is 0 Å². The average molecular weight is 339 g/mol. The Morgan fingerprint density at radius 2 is 1.96 bits per heavy atom. The minimum atomic E-state index is -0.0719. The van der Waals surface area contributed by atoms with Gasteiger partial charge in [-0.25, -0.2) is 0 Å². The molecule has 1 unspecified atom stereocenters. The first kappa shape index (κ1) is 17.0. The maximum atomic E-state index is 12.6. The van der Waals surface area contributed by atoms with Gasteiger partial charge in [0.1, 0.15) is 11.5 Å². The Bertz CT molecular complexity index is 742. The van der Waals surface area contributed by atoms with Crippen LogP contribution >= 0.6 is 0 Å². The third-order valence-electron chi connectivity index (χ3n) is 4.47. The summed E-state index contributed by atoms with van der Waals surface area (Å²) in [7, 11) is 1.63. The van der Waals surface area contributed by atoms with Gasteiger partial charge in [-0.15, -0.1) is 0 Å². The van der Waals surface area contributed by atoms with Crippen molar-refractivity contribution in [1.29, 1.82) is 0 Å². The van der Waals surface area contributed by atoms with Crippen molar-refractivity contribution in [3.63, 3.8) is 0 Å². The van der Waals surface area contributed by atoms with Crippen molar-refractivity contribution < 1.29 is 19.1 Å². The van der Waals surface area contributed by atoms with E-state index in [1.165, 1.54) is 0 Å². The van der Waals surface area contributed by atoms with Crippen molar-refractivity contribution in [3.8, 4) is 11.5 Å². The molecule has 1 heterocycles. The van der Waals surface area contributed by atoms with Gasteiger partial charge < -0.3 is 14.4 Å². The van der Waals surface area contributed by atoms with Gasteiger partial charge in [0, 0.05) is 6.54 Å². The molecule has 0 aromatic heterocycles. The predicted octanol–water partition coefficient (Wildman–Crippen LogP) is 3.25. The first-order valence-corrected chi connectivity index (χ1v) is 8.33. The van der Waals surface area contributed by atoms with Gasteiger partial charge in [0.15, 0.2) is 12.9 Å². The molecule has 1 amide bonds. The average Bonchev–Trinajstić information content (AvgIpc) is 3.16. The summed E-state index contributed by atoms with van der Waals surface area (Å²) in [6.45, 7) is 0.645. The van der Waals surface area contributed by atoms with Crippen molar-refractivity contribution in [2.75, 3.05) is 20.3 Å². The lowest BCUT2D eigenvalue weighted by atomic mass is 10.0. The number of hydrogen-bond donors (Lipinski definition) is 0. The first-order valence-electron chi connectivity index (χ1n) is 8.33. The third kappa shape index (κ3) is 3.82. The van der Waals surface area contributed by atoms with E-state index in [0.29, 0.717) is 17.9 Å². The minimum Gasteiger partial charge on any atom is -0.497 e. The number of carbonyl (C=O) groups excluding carboxylic acids is 2. The molecular formula is C20H21NO4. The molecule has 1 fully saturated rings. The maximum absolute atomic E-state index is 12.6. The number of aldehydes is 1. The number of carbonyl (C=O) groups is 2. The molecule has 130 valence electrons. The van der Waals surface area contributed by atoms with Crippen LogP contribution in [0.25, 0.3) is 0 Å². The topological polar surface area (TPSA) is 55.8 Å². The Kier molecular flexibility index (Phi) is 5.33. The predicted molar refractivity (Wildman–Crippen MR) is 94.0 cm³/mol. The number of para-hydroxylation sites is 1. The molecular weight excluding hydrogens is 318 g/mol. The molecule has 25 heavy (non-hydrogen) atoms. The molecule has 5 nitrogen and oxygen atoms in total. The second kappa shape index (κ2) is 7.83. The second-order valence-corrected chi connectivity index (χ2v) is 5.96. The van der Waals surface area contributed by atoms with Gasteiger partial charge in [-0.05, 0) is 42.7 Å². The Morgan fingerprint density at radius 3 is 2.68 bits per heavy atom. The van der Waals surface area contributed by atoms with Crippen LogP contribution in [0.15, 0.2) is 48.5 Å². The Labute approximate surface area is 147 Å². The van der Waals surface area contributed by atoms with Gasteiger partial charge in [0.2, 0.25) is 0 Å². The number of hydrogen-bond acceptors (Lipinski definition) is 4. The fraction of sp³-hybridized carbons (Fsp3) is 0.300. The Hall–Kier alpha value is -2.82. The smallest absolute Gasteiger partial charge is 0.261 e. The normalized spacial score (nSPS) is 16.5. The zero-order chi connectivity index (χ0) is 17.6. The highest BCUT2D eigenvalue weighted by Gasteiger charge is 2.30. The van der Waals surface area contributed by atoms with Crippen molar-refractivity contribution in [1.82, 2.24) is 4.90 Å². The number of rotatable bonds is 6. The first-order chi connectivity index (χ1) is 12.2. The largest absolute Gasteiger partial charge is 0.497 e. The SMILES string of the molecule is COc1ccc(C2CCCN2C(=O)COc2ccccc2C=O)cc1. The summed E-state index contributed by atoms with van der Waals surface area (Å²) in [5.41, 5.74) is 1.54. The second-order valence-electron chi connectivity index (χ2n) is 5.96. The van der Waals surface area contributed by atoms with Gasteiger partial charge in [0.25, 0.3) is 5.91 Å². The summed E-state index contributed by atoms with van der Waals surface area (Å²) in [4.78, 5) is 25.5. The molecule has 0 spiro atoms. The lowest BCUT2D eigenvalue weighted by molar-refractivity contribution is -0.134. The van der Waals surface area contributed by atoms with Crippen molar-refractivity contribution in [3.05, 3.63) is 59.7 Å². The van der Waals surface area contributed by atoms with Crippen LogP contribution in [0, 0.1) is 0 Å². The number of methoxy groups -OCH3 is 1. The standard InChI is InChI=1S/C20H21NO4/c1-24-17-10-8-15(9-11-17)18-6-4-12-21(18)20(23)14-25-19-7-3-2-5-16(19)13-22/h2-3,5,7-11,13,18H,4,6,12,14H2,1H3. The maximum Gasteiger partial charge on any atom is 0.261 e. The molecule has 1 aliphatic heterocycles. The molecule has 2 aromatic carbocycles. The minimum absolute atomic E-state index is 0.0586. The highest BCUT2D eigenvalue weighted by Crippen LogP contribution is 2.32. The summed E-state index contributed by atoms with van der Waals surface area (Å²) < 4.78 is 10.8. The molecule has 0 bridgehead atoms. The van der Waals surface area contributed by atoms with Crippen LogP contribution in [0.1, 0.15) is 34.8 Å². The number of amides is 1. The fourth-order valence-electron chi connectivity index (χ4n) is 3.17. The van der Waals surface area contributed by atoms with E-state index in [1.807, 2.05) is 29.2 Å². The van der Waals surface area contributed by atoms with Crippen LogP contribution in [0.2, 0.25) is 0 Å². The van der Waals surface area contributed by atoms with Crippen molar-refractivity contribution in [2.24, 2.45) is 0 Å². The summed E-state index contributed by atoms with van der Waals surface area (Å²) in [5, 5.41) is 0. The van der Waals surface area contributed by atoms with Gasteiger partial charge in [-0.3, -0.25) is 9.59 Å². The number of ether oxygens (including phenoxy) is 2. The van der Waals surface area contributed by atoms with E-state index in [9.17, 15) is 9.59 Å². The van der Waals surface area contributed by atoms with E-state index in [1.54, 1.807) is 31.4 Å². The summed E-state index contributed by atoms with van der Waals surface area (Å²) in [6, 6.07) is 14.8. The molecule has 1 saturated heterocycles. The highest BCUT2D eigenvalue weighted by molar-refractivity contribution is 5.81. The van der Waals surface area contributed by atoms with Crippen LogP contribution in [0.3, 0.4) is 0 Å². The highest BCUT2D eigenvalue weighted by atomic mass is 16.5. The number of benzene rings is 2. The zero-order valence-corrected chi connectivity index (χ0v) is 14.2. The van der Waals surface area contributed by atoms with Gasteiger partial charge in [-0.2, -0.15) is 0 Å². The van der Waals surface area contributed by atoms with Crippen LogP contribution in [-0.4, -0.2) is 37.4 Å². The van der Waals surface area contributed by atoms with Crippen molar-refractivity contribution in [2.45, 2.75) is 18.9 Å². The van der Waals surface area contributed by atoms with Gasteiger partial charge in [-0.1, -0.05) is 24.3 Å².